The highest BCUT2D eigenvalue weighted by molar-refractivity contribution is 8.76. The summed E-state index contributed by atoms with van der Waals surface area (Å²) in [5.41, 5.74) is 0.580. The van der Waals surface area contributed by atoms with E-state index >= 15 is 0 Å². The molecule has 2 atom stereocenters. The SMILES string of the molecule is CCO[Si](OCC)(OCC)C(C)CCSSCCC(C)[Si](OCC)(OCC)OCC. The van der Waals surface area contributed by atoms with E-state index in [1.165, 1.54) is 0 Å². The van der Waals surface area contributed by atoms with Gasteiger partial charge in [-0.2, -0.15) is 0 Å². The van der Waals surface area contributed by atoms with Crippen LogP contribution in [0.5, 0.6) is 0 Å². The second kappa shape index (κ2) is 18.3. The highest BCUT2D eigenvalue weighted by Crippen LogP contribution is 2.35. The largest absolute Gasteiger partial charge is 0.503 e. The van der Waals surface area contributed by atoms with Crippen molar-refractivity contribution in [2.75, 3.05) is 51.1 Å². The standard InChI is InChI=1S/C20H46O6S2Si2/c1-9-21-29(22-10-2,23-11-3)19(7)15-17-27-28-18-16-20(8)30(24-12-4,25-13-5)26-14-6/h19-20H,9-18H2,1-8H3. The smallest absolute Gasteiger partial charge is 0.374 e. The van der Waals surface area contributed by atoms with E-state index in [0.29, 0.717) is 50.7 Å². The average Bonchev–Trinajstić information content (AvgIpc) is 2.71. The molecule has 0 spiro atoms. The third-order valence-corrected chi connectivity index (χ3v) is 14.2. The minimum atomic E-state index is -2.60. The van der Waals surface area contributed by atoms with Crippen LogP contribution in [-0.2, 0) is 26.6 Å². The van der Waals surface area contributed by atoms with Crippen molar-refractivity contribution >= 4 is 39.2 Å². The maximum absolute atomic E-state index is 6.03. The predicted octanol–water partition coefficient (Wildman–Crippen LogP) is 6.03. The van der Waals surface area contributed by atoms with Gasteiger partial charge in [0.2, 0.25) is 0 Å². The van der Waals surface area contributed by atoms with Crippen LogP contribution in [0.1, 0.15) is 68.2 Å². The first-order chi connectivity index (χ1) is 14.4. The minimum absolute atomic E-state index is 0.290. The van der Waals surface area contributed by atoms with Crippen LogP contribution in [0.15, 0.2) is 0 Å². The highest BCUT2D eigenvalue weighted by Gasteiger charge is 2.47. The second-order valence-corrected chi connectivity index (χ2v) is 15.6. The lowest BCUT2D eigenvalue weighted by atomic mass is 10.4. The summed E-state index contributed by atoms with van der Waals surface area (Å²) in [6.45, 7) is 20.2. The molecule has 10 heteroatoms. The quantitative estimate of drug-likeness (QED) is 0.107. The van der Waals surface area contributed by atoms with Gasteiger partial charge in [-0.15, -0.1) is 0 Å². The molecule has 30 heavy (non-hydrogen) atoms. The molecule has 0 amide bonds. The first-order valence-corrected chi connectivity index (χ1v) is 17.6. The Morgan fingerprint density at radius 1 is 0.500 bits per heavy atom. The zero-order valence-electron chi connectivity index (χ0n) is 20.5. The van der Waals surface area contributed by atoms with Crippen molar-refractivity contribution in [2.45, 2.75) is 79.3 Å². The molecule has 2 unspecified atom stereocenters. The monoisotopic (exact) mass is 502 g/mol. The van der Waals surface area contributed by atoms with E-state index in [9.17, 15) is 0 Å². The molecule has 0 saturated carbocycles. The summed E-state index contributed by atoms with van der Waals surface area (Å²) in [4.78, 5) is 0. The Labute approximate surface area is 196 Å². The third-order valence-electron chi connectivity index (χ3n) is 4.63. The fraction of sp³-hybridized carbons (Fsp3) is 1.00. The van der Waals surface area contributed by atoms with Gasteiger partial charge in [-0.05, 0) is 54.4 Å². The molecular weight excluding hydrogens is 457 g/mol. The molecule has 0 N–H and O–H groups in total. The van der Waals surface area contributed by atoms with Crippen LogP contribution >= 0.6 is 21.6 Å². The molecule has 0 bridgehead atoms. The summed E-state index contributed by atoms with van der Waals surface area (Å²) >= 11 is 0. The van der Waals surface area contributed by atoms with Crippen LogP contribution < -0.4 is 0 Å². The molecule has 0 aliphatic heterocycles. The molecule has 0 aromatic rings. The van der Waals surface area contributed by atoms with E-state index in [1.807, 2.05) is 63.1 Å². The van der Waals surface area contributed by atoms with Crippen LogP contribution in [0.4, 0.5) is 0 Å². The van der Waals surface area contributed by atoms with Crippen molar-refractivity contribution in [3.63, 3.8) is 0 Å². The normalized spacial score (nSPS) is 14.8. The molecule has 0 fully saturated rings. The Bertz CT molecular complexity index is 339. The van der Waals surface area contributed by atoms with Gasteiger partial charge in [-0.25, -0.2) is 0 Å². The second-order valence-electron chi connectivity index (χ2n) is 6.83. The molecule has 0 aliphatic carbocycles. The molecule has 0 saturated heterocycles. The highest BCUT2D eigenvalue weighted by atomic mass is 33.1. The Balaban J connectivity index is 4.49. The lowest BCUT2D eigenvalue weighted by Crippen LogP contribution is -2.49. The molecule has 182 valence electrons. The van der Waals surface area contributed by atoms with E-state index in [-0.39, 0.29) is 0 Å². The van der Waals surface area contributed by atoms with E-state index in [2.05, 4.69) is 13.8 Å². The summed E-state index contributed by atoms with van der Waals surface area (Å²) < 4.78 is 36.2. The van der Waals surface area contributed by atoms with Gasteiger partial charge in [0, 0.05) is 62.2 Å². The Kier molecular flexibility index (Phi) is 18.9. The summed E-state index contributed by atoms with van der Waals surface area (Å²) in [7, 11) is -1.39. The zero-order valence-corrected chi connectivity index (χ0v) is 24.1. The van der Waals surface area contributed by atoms with Crippen molar-refractivity contribution in [1.29, 1.82) is 0 Å². The van der Waals surface area contributed by atoms with Crippen molar-refractivity contribution in [2.24, 2.45) is 0 Å². The van der Waals surface area contributed by atoms with Crippen LogP contribution in [0.2, 0.25) is 11.1 Å². The van der Waals surface area contributed by atoms with Gasteiger partial charge in [0.05, 0.1) is 0 Å². The van der Waals surface area contributed by atoms with Gasteiger partial charge in [0.25, 0.3) is 0 Å². The molecule has 0 heterocycles. The Morgan fingerprint density at radius 3 is 0.933 bits per heavy atom. The van der Waals surface area contributed by atoms with Crippen LogP contribution in [0.3, 0.4) is 0 Å². The van der Waals surface area contributed by atoms with Crippen molar-refractivity contribution in [1.82, 2.24) is 0 Å². The maximum Gasteiger partial charge on any atom is 0.503 e. The van der Waals surface area contributed by atoms with E-state index in [1.54, 1.807) is 0 Å². The first-order valence-electron chi connectivity index (χ1n) is 11.5. The molecule has 6 nitrogen and oxygen atoms in total. The summed E-state index contributed by atoms with van der Waals surface area (Å²) in [5, 5.41) is 0. The molecule has 0 aromatic heterocycles. The van der Waals surface area contributed by atoms with Gasteiger partial charge in [0.15, 0.2) is 0 Å². The van der Waals surface area contributed by atoms with E-state index < -0.39 is 17.6 Å². The lowest BCUT2D eigenvalue weighted by molar-refractivity contribution is 0.0614. The summed E-state index contributed by atoms with van der Waals surface area (Å²) in [5.74, 6) is 2.10. The topological polar surface area (TPSA) is 55.4 Å². The zero-order chi connectivity index (χ0) is 22.9. The lowest BCUT2D eigenvalue weighted by Gasteiger charge is -2.33. The Hall–Kier alpha value is 0.894. The minimum Gasteiger partial charge on any atom is -0.374 e. The fourth-order valence-electron chi connectivity index (χ4n) is 3.23. The van der Waals surface area contributed by atoms with Crippen LogP contribution in [0.25, 0.3) is 0 Å². The van der Waals surface area contributed by atoms with E-state index in [4.69, 9.17) is 26.6 Å². The average molecular weight is 503 g/mol. The number of hydrogen-bond donors (Lipinski definition) is 0. The van der Waals surface area contributed by atoms with Crippen molar-refractivity contribution < 1.29 is 26.6 Å². The maximum atomic E-state index is 6.03. The van der Waals surface area contributed by atoms with Gasteiger partial charge >= 0.3 is 17.6 Å². The summed E-state index contributed by atoms with van der Waals surface area (Å²) in [6.07, 6.45) is 2.05. The predicted molar refractivity (Wildman–Crippen MR) is 134 cm³/mol. The molecule has 0 aliphatic rings. The first kappa shape index (κ1) is 30.9. The van der Waals surface area contributed by atoms with Crippen molar-refractivity contribution in [3.05, 3.63) is 0 Å². The van der Waals surface area contributed by atoms with Gasteiger partial charge in [0.1, 0.15) is 0 Å². The van der Waals surface area contributed by atoms with Crippen molar-refractivity contribution in [3.8, 4) is 0 Å². The van der Waals surface area contributed by atoms with Gasteiger partial charge in [-0.3, -0.25) is 0 Å². The molecular formula is C20H46O6S2Si2. The van der Waals surface area contributed by atoms with Crippen LogP contribution in [-0.4, -0.2) is 68.8 Å². The van der Waals surface area contributed by atoms with Gasteiger partial charge < -0.3 is 26.6 Å². The molecule has 0 radical (unpaired) electrons. The van der Waals surface area contributed by atoms with Gasteiger partial charge in [-0.1, -0.05) is 35.4 Å². The van der Waals surface area contributed by atoms with E-state index in [0.717, 1.165) is 24.3 Å². The fourth-order valence-corrected chi connectivity index (χ4v) is 11.7. The third kappa shape index (κ3) is 10.7. The summed E-state index contributed by atoms with van der Waals surface area (Å²) in [6, 6.07) is 0. The molecule has 0 rings (SSSR count). The van der Waals surface area contributed by atoms with Crippen LogP contribution in [0, 0.1) is 0 Å². The number of rotatable bonds is 21. The number of hydrogen-bond acceptors (Lipinski definition) is 8. The molecule has 0 aromatic carbocycles. The Morgan fingerprint density at radius 2 is 0.733 bits per heavy atom.